The summed E-state index contributed by atoms with van der Waals surface area (Å²) in [5, 5.41) is 40.6. The quantitative estimate of drug-likeness (QED) is 0.364. The minimum absolute atomic E-state index is 0.184. The van der Waals surface area contributed by atoms with Crippen LogP contribution in [0.5, 0.6) is 0 Å². The van der Waals surface area contributed by atoms with Crippen LogP contribution in [0.4, 0.5) is 0 Å². The first kappa shape index (κ1) is 18.8. The molecular formula is C16H28O6. The van der Waals surface area contributed by atoms with Crippen molar-refractivity contribution in [2.75, 3.05) is 0 Å². The van der Waals surface area contributed by atoms with Gasteiger partial charge in [-0.1, -0.05) is 52.4 Å². The largest absolute Gasteiger partial charge is 0.505 e. The summed E-state index contributed by atoms with van der Waals surface area (Å²) in [5.74, 6) is -2.66. The van der Waals surface area contributed by atoms with Crippen LogP contribution in [-0.2, 0) is 9.53 Å². The molecule has 6 nitrogen and oxygen atoms in total. The normalized spacial score (nSPS) is 22.5. The van der Waals surface area contributed by atoms with Gasteiger partial charge in [-0.2, -0.15) is 0 Å². The number of ether oxygens (including phenoxy) is 1. The molecule has 0 aromatic carbocycles. The van der Waals surface area contributed by atoms with Crippen molar-refractivity contribution in [2.24, 2.45) is 0 Å². The van der Waals surface area contributed by atoms with Crippen molar-refractivity contribution in [3.05, 3.63) is 11.5 Å². The van der Waals surface area contributed by atoms with Gasteiger partial charge in [0.15, 0.2) is 11.9 Å². The maximum atomic E-state index is 11.4. The molecule has 0 aromatic heterocycles. The molecule has 0 amide bonds. The molecule has 4 N–H and O–H groups in total. The molecule has 0 spiro atoms. The maximum Gasteiger partial charge on any atom is 0.378 e. The third-order valence-corrected chi connectivity index (χ3v) is 4.20. The lowest BCUT2D eigenvalue weighted by atomic mass is 9.82. The van der Waals surface area contributed by atoms with Crippen molar-refractivity contribution in [1.82, 2.24) is 0 Å². The Morgan fingerprint density at radius 2 is 1.73 bits per heavy atom. The zero-order chi connectivity index (χ0) is 16.8. The predicted molar refractivity (Wildman–Crippen MR) is 81.4 cm³/mol. The van der Waals surface area contributed by atoms with E-state index in [0.29, 0.717) is 12.8 Å². The van der Waals surface area contributed by atoms with Crippen LogP contribution in [0.25, 0.3) is 0 Å². The Labute approximate surface area is 131 Å². The molecule has 1 unspecified atom stereocenters. The smallest absolute Gasteiger partial charge is 0.378 e. The summed E-state index contributed by atoms with van der Waals surface area (Å²) in [4.78, 5) is 11.4. The molecule has 0 aromatic rings. The Kier molecular flexibility index (Phi) is 7.16. The van der Waals surface area contributed by atoms with E-state index in [1.54, 1.807) is 0 Å². The first-order valence-electron chi connectivity index (χ1n) is 8.12. The third-order valence-electron chi connectivity index (χ3n) is 4.20. The second kappa shape index (κ2) is 8.39. The average molecular weight is 316 g/mol. The van der Waals surface area contributed by atoms with Crippen LogP contribution in [0.2, 0.25) is 0 Å². The zero-order valence-corrected chi connectivity index (χ0v) is 13.4. The molecule has 1 aliphatic heterocycles. The number of rotatable bonds is 10. The molecule has 6 heteroatoms. The van der Waals surface area contributed by atoms with Gasteiger partial charge in [0, 0.05) is 0 Å². The van der Waals surface area contributed by atoms with E-state index in [4.69, 9.17) is 4.74 Å². The van der Waals surface area contributed by atoms with Gasteiger partial charge in [-0.25, -0.2) is 4.79 Å². The molecule has 1 rings (SSSR count). The number of hydrogen-bond acceptors (Lipinski definition) is 6. The molecule has 128 valence electrons. The molecule has 0 aliphatic carbocycles. The van der Waals surface area contributed by atoms with E-state index in [1.165, 1.54) is 0 Å². The third kappa shape index (κ3) is 4.14. The van der Waals surface area contributed by atoms with Crippen LogP contribution in [0, 0.1) is 0 Å². The minimum Gasteiger partial charge on any atom is -0.505 e. The van der Waals surface area contributed by atoms with Gasteiger partial charge < -0.3 is 25.2 Å². The second-order valence-corrected chi connectivity index (χ2v) is 5.98. The summed E-state index contributed by atoms with van der Waals surface area (Å²) in [6, 6.07) is 0. The van der Waals surface area contributed by atoms with E-state index < -0.39 is 35.3 Å². The first-order valence-corrected chi connectivity index (χ1v) is 8.12. The number of unbranched alkanes of at least 4 members (excludes halogenated alkanes) is 4. The lowest BCUT2D eigenvalue weighted by Gasteiger charge is -2.37. The van der Waals surface area contributed by atoms with Crippen molar-refractivity contribution >= 4 is 5.97 Å². The van der Waals surface area contributed by atoms with E-state index >= 15 is 0 Å². The van der Waals surface area contributed by atoms with Gasteiger partial charge in [0.2, 0.25) is 5.76 Å². The van der Waals surface area contributed by atoms with Crippen molar-refractivity contribution < 1.29 is 30.0 Å². The van der Waals surface area contributed by atoms with E-state index in [1.807, 2.05) is 13.8 Å². The lowest BCUT2D eigenvalue weighted by Crippen LogP contribution is -2.53. The van der Waals surface area contributed by atoms with Crippen LogP contribution < -0.4 is 0 Å². The van der Waals surface area contributed by atoms with Crippen molar-refractivity contribution in [3.63, 3.8) is 0 Å². The maximum absolute atomic E-state index is 11.4. The predicted octanol–water partition coefficient (Wildman–Crippen LogP) is 2.49. The van der Waals surface area contributed by atoms with Crippen LogP contribution in [0.3, 0.4) is 0 Å². The van der Waals surface area contributed by atoms with Crippen molar-refractivity contribution in [2.45, 2.75) is 83.0 Å². The fourth-order valence-electron chi connectivity index (χ4n) is 2.75. The van der Waals surface area contributed by atoms with Gasteiger partial charge in [-0.05, 0) is 12.8 Å². The highest BCUT2D eigenvalue weighted by atomic mass is 16.6. The molecule has 0 saturated heterocycles. The standard InChI is InChI=1S/C16H28O6/c1-3-5-7-9-11(17)16(21,10-8-6-4-2)14-12(18)13(19)15(20)22-14/h11,14,17-19,21H,3-10H2,1-2H3/t11?,14-,16-/m0/s1. The fourth-order valence-corrected chi connectivity index (χ4v) is 2.75. The zero-order valence-electron chi connectivity index (χ0n) is 13.4. The Hall–Kier alpha value is -1.27. The van der Waals surface area contributed by atoms with E-state index in [2.05, 4.69) is 0 Å². The van der Waals surface area contributed by atoms with Crippen molar-refractivity contribution in [3.8, 4) is 0 Å². The van der Waals surface area contributed by atoms with Gasteiger partial charge in [0.25, 0.3) is 0 Å². The summed E-state index contributed by atoms with van der Waals surface area (Å²) < 4.78 is 4.89. The summed E-state index contributed by atoms with van der Waals surface area (Å²) in [6.45, 7) is 4.04. The summed E-state index contributed by atoms with van der Waals surface area (Å²) in [5.41, 5.74) is -1.78. The molecule has 0 bridgehead atoms. The number of cyclic esters (lactones) is 1. The molecule has 3 atom stereocenters. The lowest BCUT2D eigenvalue weighted by molar-refractivity contribution is -0.175. The highest BCUT2D eigenvalue weighted by Gasteiger charge is 2.52. The molecule has 0 fully saturated rings. The molecule has 1 heterocycles. The van der Waals surface area contributed by atoms with Crippen LogP contribution in [0.1, 0.15) is 65.2 Å². The van der Waals surface area contributed by atoms with Crippen LogP contribution in [-0.4, -0.2) is 44.2 Å². The van der Waals surface area contributed by atoms with Gasteiger partial charge in [-0.15, -0.1) is 0 Å². The summed E-state index contributed by atoms with van der Waals surface area (Å²) in [6.07, 6.45) is 3.01. The topological polar surface area (TPSA) is 107 Å². The average Bonchev–Trinajstić information content (AvgIpc) is 2.75. The molecule has 1 aliphatic rings. The monoisotopic (exact) mass is 316 g/mol. The van der Waals surface area contributed by atoms with Gasteiger partial charge in [0.05, 0.1) is 6.10 Å². The number of carbonyl (C=O) groups excluding carboxylic acids is 1. The number of hydrogen-bond donors (Lipinski definition) is 4. The van der Waals surface area contributed by atoms with Crippen LogP contribution >= 0.6 is 0 Å². The number of aliphatic hydroxyl groups is 4. The highest BCUT2D eigenvalue weighted by molar-refractivity contribution is 5.89. The Balaban J connectivity index is 2.89. The van der Waals surface area contributed by atoms with Crippen LogP contribution in [0.15, 0.2) is 11.5 Å². The summed E-state index contributed by atoms with van der Waals surface area (Å²) in [7, 11) is 0. The Morgan fingerprint density at radius 3 is 2.23 bits per heavy atom. The Bertz CT molecular complexity index is 405. The summed E-state index contributed by atoms with van der Waals surface area (Å²) >= 11 is 0. The SMILES string of the molecule is CCCCCC(O)[C@@](O)(CCCCC)[C@H]1OC(=O)C(O)=C1O. The van der Waals surface area contributed by atoms with Crippen molar-refractivity contribution in [1.29, 1.82) is 0 Å². The second-order valence-electron chi connectivity index (χ2n) is 5.98. The van der Waals surface area contributed by atoms with Gasteiger partial charge >= 0.3 is 5.97 Å². The minimum atomic E-state index is -1.78. The number of carbonyl (C=O) groups is 1. The Morgan fingerprint density at radius 1 is 1.14 bits per heavy atom. The molecule has 22 heavy (non-hydrogen) atoms. The number of aliphatic hydroxyl groups excluding tert-OH is 3. The molecular weight excluding hydrogens is 288 g/mol. The van der Waals surface area contributed by atoms with Gasteiger partial charge in [0.1, 0.15) is 5.60 Å². The molecule has 0 saturated carbocycles. The number of esters is 1. The van der Waals surface area contributed by atoms with E-state index in [-0.39, 0.29) is 6.42 Å². The highest BCUT2D eigenvalue weighted by Crippen LogP contribution is 2.35. The molecule has 0 radical (unpaired) electrons. The van der Waals surface area contributed by atoms with Gasteiger partial charge in [-0.3, -0.25) is 0 Å². The van der Waals surface area contributed by atoms with E-state index in [0.717, 1.165) is 32.1 Å². The van der Waals surface area contributed by atoms with E-state index in [9.17, 15) is 25.2 Å². The fraction of sp³-hybridized carbons (Fsp3) is 0.812. The first-order chi connectivity index (χ1) is 10.4.